The molecule has 0 saturated heterocycles. The SMILES string of the molecule is CCOC(=O)[C@@]1(C)CCC(O)C=C1C. The zero-order chi connectivity index (χ0) is 10.8. The molecule has 0 aliphatic heterocycles. The summed E-state index contributed by atoms with van der Waals surface area (Å²) in [5.74, 6) is -0.180. The van der Waals surface area contributed by atoms with Crippen LogP contribution in [0.2, 0.25) is 0 Å². The van der Waals surface area contributed by atoms with Crippen LogP contribution in [0.4, 0.5) is 0 Å². The second kappa shape index (κ2) is 4.13. The highest BCUT2D eigenvalue weighted by Gasteiger charge is 2.39. The quantitative estimate of drug-likeness (QED) is 0.542. The van der Waals surface area contributed by atoms with Crippen molar-refractivity contribution >= 4 is 5.97 Å². The Balaban J connectivity index is 2.84. The fourth-order valence-corrected chi connectivity index (χ4v) is 1.74. The second-order valence-corrected chi connectivity index (χ2v) is 4.01. The summed E-state index contributed by atoms with van der Waals surface area (Å²) < 4.78 is 5.03. The molecule has 1 unspecified atom stereocenters. The number of ether oxygens (including phenoxy) is 1. The van der Waals surface area contributed by atoms with E-state index in [1.807, 2.05) is 13.8 Å². The van der Waals surface area contributed by atoms with Gasteiger partial charge in [0.05, 0.1) is 18.1 Å². The largest absolute Gasteiger partial charge is 0.465 e. The topological polar surface area (TPSA) is 46.5 Å². The summed E-state index contributed by atoms with van der Waals surface area (Å²) in [4.78, 5) is 11.7. The third-order valence-electron chi connectivity index (χ3n) is 2.98. The Morgan fingerprint density at radius 3 is 2.93 bits per heavy atom. The van der Waals surface area contributed by atoms with Crippen LogP contribution in [-0.4, -0.2) is 23.8 Å². The van der Waals surface area contributed by atoms with Crippen molar-refractivity contribution in [3.63, 3.8) is 0 Å². The predicted octanol–water partition coefficient (Wildman–Crippen LogP) is 1.66. The fraction of sp³-hybridized carbons (Fsp3) is 0.727. The monoisotopic (exact) mass is 198 g/mol. The Hall–Kier alpha value is -0.830. The lowest BCUT2D eigenvalue weighted by Gasteiger charge is -2.33. The van der Waals surface area contributed by atoms with Crippen LogP contribution in [0.5, 0.6) is 0 Å². The third-order valence-corrected chi connectivity index (χ3v) is 2.98. The lowest BCUT2D eigenvalue weighted by molar-refractivity contribution is -0.153. The first kappa shape index (κ1) is 11.2. The van der Waals surface area contributed by atoms with Crippen LogP contribution in [-0.2, 0) is 9.53 Å². The standard InChI is InChI=1S/C11H18O3/c1-4-14-10(13)11(3)6-5-9(12)7-8(11)2/h7,9,12H,4-6H2,1-3H3/t9?,11-/m0/s1. The minimum Gasteiger partial charge on any atom is -0.465 e. The van der Waals surface area contributed by atoms with Gasteiger partial charge in [0, 0.05) is 0 Å². The Morgan fingerprint density at radius 2 is 2.43 bits per heavy atom. The molecule has 0 fully saturated rings. The van der Waals surface area contributed by atoms with Crippen LogP contribution in [0.15, 0.2) is 11.6 Å². The van der Waals surface area contributed by atoms with Crippen molar-refractivity contribution < 1.29 is 14.6 Å². The molecular formula is C11H18O3. The smallest absolute Gasteiger partial charge is 0.315 e. The molecular weight excluding hydrogens is 180 g/mol. The maximum absolute atomic E-state index is 11.7. The van der Waals surface area contributed by atoms with Crippen molar-refractivity contribution in [1.82, 2.24) is 0 Å². The van der Waals surface area contributed by atoms with Crippen molar-refractivity contribution in [2.24, 2.45) is 5.41 Å². The molecule has 3 heteroatoms. The van der Waals surface area contributed by atoms with E-state index >= 15 is 0 Å². The summed E-state index contributed by atoms with van der Waals surface area (Å²) in [6.07, 6.45) is 2.64. The summed E-state index contributed by atoms with van der Waals surface area (Å²) in [5.41, 5.74) is 0.379. The molecule has 0 heterocycles. The highest BCUT2D eigenvalue weighted by Crippen LogP contribution is 2.38. The van der Waals surface area contributed by atoms with Crippen LogP contribution in [0.25, 0.3) is 0 Å². The molecule has 0 spiro atoms. The van der Waals surface area contributed by atoms with Crippen molar-refractivity contribution in [3.8, 4) is 0 Å². The predicted molar refractivity (Wildman–Crippen MR) is 53.7 cm³/mol. The molecule has 0 aromatic rings. The van der Waals surface area contributed by atoms with E-state index in [0.29, 0.717) is 19.4 Å². The number of hydrogen-bond donors (Lipinski definition) is 1. The summed E-state index contributed by atoms with van der Waals surface area (Å²) in [6, 6.07) is 0. The molecule has 0 bridgehead atoms. The highest BCUT2D eigenvalue weighted by atomic mass is 16.5. The molecule has 1 aliphatic carbocycles. The van der Waals surface area contributed by atoms with Gasteiger partial charge in [0.2, 0.25) is 0 Å². The third kappa shape index (κ3) is 1.98. The van der Waals surface area contributed by atoms with Crippen molar-refractivity contribution in [1.29, 1.82) is 0 Å². The molecule has 0 saturated carbocycles. The number of hydrogen-bond acceptors (Lipinski definition) is 3. The van der Waals surface area contributed by atoms with Crippen LogP contribution >= 0.6 is 0 Å². The molecule has 14 heavy (non-hydrogen) atoms. The van der Waals surface area contributed by atoms with E-state index in [-0.39, 0.29) is 5.97 Å². The van der Waals surface area contributed by atoms with Crippen LogP contribution in [0.3, 0.4) is 0 Å². The highest BCUT2D eigenvalue weighted by molar-refractivity contribution is 5.80. The van der Waals surface area contributed by atoms with E-state index in [1.54, 1.807) is 13.0 Å². The van der Waals surface area contributed by atoms with Gasteiger partial charge in [-0.05, 0) is 33.6 Å². The van der Waals surface area contributed by atoms with Gasteiger partial charge >= 0.3 is 5.97 Å². The zero-order valence-corrected chi connectivity index (χ0v) is 9.04. The van der Waals surface area contributed by atoms with E-state index < -0.39 is 11.5 Å². The molecule has 3 nitrogen and oxygen atoms in total. The van der Waals surface area contributed by atoms with Gasteiger partial charge in [-0.1, -0.05) is 11.6 Å². The van der Waals surface area contributed by atoms with E-state index in [4.69, 9.17) is 4.74 Å². The van der Waals surface area contributed by atoms with E-state index in [1.165, 1.54) is 0 Å². The number of esters is 1. The molecule has 1 rings (SSSR count). The normalized spacial score (nSPS) is 32.3. The minimum atomic E-state index is -0.532. The van der Waals surface area contributed by atoms with Gasteiger partial charge in [0.15, 0.2) is 0 Å². The summed E-state index contributed by atoms with van der Waals surface area (Å²) in [6.45, 7) is 5.96. The van der Waals surface area contributed by atoms with Crippen LogP contribution < -0.4 is 0 Å². The average molecular weight is 198 g/mol. The van der Waals surface area contributed by atoms with Gasteiger partial charge in [-0.15, -0.1) is 0 Å². The summed E-state index contributed by atoms with van der Waals surface area (Å²) in [5, 5.41) is 9.39. The van der Waals surface area contributed by atoms with Gasteiger partial charge in [0.1, 0.15) is 0 Å². The van der Waals surface area contributed by atoms with Gasteiger partial charge in [0.25, 0.3) is 0 Å². The molecule has 1 aliphatic rings. The first-order valence-corrected chi connectivity index (χ1v) is 5.05. The Kier molecular flexibility index (Phi) is 3.32. The van der Waals surface area contributed by atoms with E-state index in [2.05, 4.69) is 0 Å². The molecule has 1 N–H and O–H groups in total. The summed E-state index contributed by atoms with van der Waals surface area (Å²) >= 11 is 0. The molecule has 0 radical (unpaired) electrons. The number of aliphatic hydroxyl groups excluding tert-OH is 1. The molecule has 80 valence electrons. The number of carbonyl (C=O) groups is 1. The lowest BCUT2D eigenvalue weighted by atomic mass is 9.74. The lowest BCUT2D eigenvalue weighted by Crippen LogP contribution is -2.35. The Morgan fingerprint density at radius 1 is 1.79 bits per heavy atom. The van der Waals surface area contributed by atoms with Crippen LogP contribution in [0, 0.1) is 5.41 Å². The first-order chi connectivity index (χ1) is 6.50. The molecule has 0 amide bonds. The number of aliphatic hydroxyl groups is 1. The van der Waals surface area contributed by atoms with Crippen molar-refractivity contribution in [2.75, 3.05) is 6.61 Å². The maximum Gasteiger partial charge on any atom is 0.315 e. The average Bonchev–Trinajstić information content (AvgIpc) is 2.12. The van der Waals surface area contributed by atoms with E-state index in [0.717, 1.165) is 5.57 Å². The Labute approximate surface area is 84.8 Å². The second-order valence-electron chi connectivity index (χ2n) is 4.01. The number of rotatable bonds is 2. The molecule has 2 atom stereocenters. The van der Waals surface area contributed by atoms with Gasteiger partial charge in [-0.3, -0.25) is 4.79 Å². The zero-order valence-electron chi connectivity index (χ0n) is 9.04. The minimum absolute atomic E-state index is 0.180. The van der Waals surface area contributed by atoms with Crippen molar-refractivity contribution in [2.45, 2.75) is 39.7 Å². The molecule has 0 aromatic heterocycles. The van der Waals surface area contributed by atoms with Gasteiger partial charge in [-0.25, -0.2) is 0 Å². The molecule has 0 aromatic carbocycles. The first-order valence-electron chi connectivity index (χ1n) is 5.05. The Bertz CT molecular complexity index is 257. The number of carbonyl (C=O) groups excluding carboxylic acids is 1. The summed E-state index contributed by atoms with van der Waals surface area (Å²) in [7, 11) is 0. The fourth-order valence-electron chi connectivity index (χ4n) is 1.74. The van der Waals surface area contributed by atoms with Gasteiger partial charge in [-0.2, -0.15) is 0 Å². The maximum atomic E-state index is 11.7. The van der Waals surface area contributed by atoms with Gasteiger partial charge < -0.3 is 9.84 Å². The van der Waals surface area contributed by atoms with E-state index in [9.17, 15) is 9.90 Å². The van der Waals surface area contributed by atoms with Crippen LogP contribution in [0.1, 0.15) is 33.6 Å². The van der Waals surface area contributed by atoms with Crippen molar-refractivity contribution in [3.05, 3.63) is 11.6 Å².